The number of ether oxygens (including phenoxy) is 1. The topological polar surface area (TPSA) is 93.5 Å². The molecule has 1 aromatic heterocycles. The molecule has 1 aliphatic heterocycles. The minimum atomic E-state index is -5.08. The zero-order chi connectivity index (χ0) is 27.2. The summed E-state index contributed by atoms with van der Waals surface area (Å²) in [6, 6.07) is 14.1. The Kier molecular flexibility index (Phi) is 8.58. The summed E-state index contributed by atoms with van der Waals surface area (Å²) in [5, 5.41) is 14.5. The van der Waals surface area contributed by atoms with Crippen LogP contribution in [0.25, 0.3) is 0 Å². The lowest BCUT2D eigenvalue weighted by Gasteiger charge is -2.22. The maximum atomic E-state index is 12.7. The quantitative estimate of drug-likeness (QED) is 0.471. The van der Waals surface area contributed by atoms with Gasteiger partial charge in [0.05, 0.1) is 24.4 Å². The Labute approximate surface area is 206 Å². The smallest absolute Gasteiger partial charge is 0.475 e. The summed E-state index contributed by atoms with van der Waals surface area (Å²) in [6.07, 6.45) is -7.17. The Balaban J connectivity index is 0.000000479. The molecule has 0 fully saturated rings. The van der Waals surface area contributed by atoms with Crippen LogP contribution in [-0.4, -0.2) is 46.1 Å². The van der Waals surface area contributed by atoms with Crippen molar-refractivity contribution in [2.45, 2.75) is 31.4 Å². The summed E-state index contributed by atoms with van der Waals surface area (Å²) >= 11 is 0. The van der Waals surface area contributed by atoms with E-state index in [1.807, 2.05) is 41.2 Å². The maximum Gasteiger partial charge on any atom is 0.490 e. The Bertz CT molecular complexity index is 1210. The van der Waals surface area contributed by atoms with Crippen molar-refractivity contribution in [3.05, 3.63) is 88.7 Å². The van der Waals surface area contributed by atoms with E-state index in [1.165, 1.54) is 12.1 Å². The largest absolute Gasteiger partial charge is 0.490 e. The number of carbonyl (C=O) groups is 2. The Morgan fingerprint density at radius 1 is 1.03 bits per heavy atom. The SMILES string of the molecule is O=C(NCC1OCCc2cn(Cc3ccccc3)nc21)c1ccc(C(F)(F)F)cc1.O=C(O)C(F)(F)F. The first-order valence-corrected chi connectivity index (χ1v) is 10.8. The molecule has 4 rings (SSSR count). The predicted octanol–water partition coefficient (Wildman–Crippen LogP) is 4.63. The second-order valence-electron chi connectivity index (χ2n) is 7.92. The van der Waals surface area contributed by atoms with Gasteiger partial charge in [0, 0.05) is 18.3 Å². The van der Waals surface area contributed by atoms with Crippen molar-refractivity contribution in [3.63, 3.8) is 0 Å². The van der Waals surface area contributed by atoms with Crippen LogP contribution in [0, 0.1) is 0 Å². The van der Waals surface area contributed by atoms with E-state index < -0.39 is 35.9 Å². The van der Waals surface area contributed by atoms with E-state index in [9.17, 15) is 31.1 Å². The molecule has 13 heteroatoms. The van der Waals surface area contributed by atoms with Crippen LogP contribution in [0.4, 0.5) is 26.3 Å². The predicted molar refractivity (Wildman–Crippen MR) is 118 cm³/mol. The van der Waals surface area contributed by atoms with Crippen molar-refractivity contribution >= 4 is 11.9 Å². The van der Waals surface area contributed by atoms with E-state index in [2.05, 4.69) is 10.4 Å². The van der Waals surface area contributed by atoms with Gasteiger partial charge in [-0.2, -0.15) is 31.4 Å². The lowest BCUT2D eigenvalue weighted by molar-refractivity contribution is -0.192. The van der Waals surface area contributed by atoms with Crippen LogP contribution < -0.4 is 5.32 Å². The lowest BCUT2D eigenvalue weighted by Crippen LogP contribution is -2.32. The molecule has 0 bridgehead atoms. The monoisotopic (exact) mass is 529 g/mol. The van der Waals surface area contributed by atoms with E-state index in [4.69, 9.17) is 14.6 Å². The molecule has 2 heterocycles. The number of nitrogens with one attached hydrogen (secondary N) is 1. The fourth-order valence-corrected chi connectivity index (χ4v) is 3.44. The van der Waals surface area contributed by atoms with Crippen LogP contribution >= 0.6 is 0 Å². The van der Waals surface area contributed by atoms with Gasteiger partial charge >= 0.3 is 18.3 Å². The number of carbonyl (C=O) groups excluding carboxylic acids is 1. The number of hydrogen-bond acceptors (Lipinski definition) is 4. The second kappa shape index (κ2) is 11.5. The third kappa shape index (κ3) is 7.81. The molecule has 1 amide bonds. The molecule has 0 saturated heterocycles. The van der Waals surface area contributed by atoms with E-state index in [0.717, 1.165) is 35.4 Å². The number of halogens is 6. The third-order valence-electron chi connectivity index (χ3n) is 5.22. The molecule has 0 radical (unpaired) electrons. The van der Waals surface area contributed by atoms with Gasteiger partial charge in [-0.3, -0.25) is 9.48 Å². The second-order valence-corrected chi connectivity index (χ2v) is 7.92. The standard InChI is InChI=1S/C22H20F3N3O2.C2HF3O2/c23-22(24,25)18-8-6-16(7-9-18)21(29)26-12-19-20-17(10-11-30-19)14-28(27-20)13-15-4-2-1-3-5-15;3-2(4,5)1(6)7/h1-9,14,19H,10-13H2,(H,26,29);(H,6,7). The molecule has 0 saturated carbocycles. The van der Waals surface area contributed by atoms with Gasteiger partial charge in [0.1, 0.15) is 6.10 Å². The Hall–Kier alpha value is -3.87. The van der Waals surface area contributed by atoms with Crippen LogP contribution in [-0.2, 0) is 28.7 Å². The number of amides is 1. The number of carboxylic acid groups (broad SMARTS) is 1. The fourth-order valence-electron chi connectivity index (χ4n) is 3.44. The number of benzene rings is 2. The molecule has 37 heavy (non-hydrogen) atoms. The number of aliphatic carboxylic acids is 1. The van der Waals surface area contributed by atoms with Gasteiger partial charge in [-0.05, 0) is 41.8 Å². The number of rotatable bonds is 5. The number of alkyl halides is 6. The maximum absolute atomic E-state index is 12.7. The average molecular weight is 529 g/mol. The normalized spacial score (nSPS) is 15.2. The van der Waals surface area contributed by atoms with Crippen molar-refractivity contribution < 1.29 is 45.8 Å². The first kappa shape index (κ1) is 27.7. The fraction of sp³-hybridized carbons (Fsp3) is 0.292. The van der Waals surface area contributed by atoms with Crippen LogP contribution in [0.15, 0.2) is 60.8 Å². The highest BCUT2D eigenvalue weighted by molar-refractivity contribution is 5.94. The molecule has 0 aliphatic carbocycles. The number of carboxylic acids is 1. The highest BCUT2D eigenvalue weighted by Gasteiger charge is 2.38. The minimum Gasteiger partial charge on any atom is -0.475 e. The van der Waals surface area contributed by atoms with Gasteiger partial charge < -0.3 is 15.2 Å². The summed E-state index contributed by atoms with van der Waals surface area (Å²) in [6.45, 7) is 1.35. The van der Waals surface area contributed by atoms with E-state index in [-0.39, 0.29) is 12.1 Å². The van der Waals surface area contributed by atoms with E-state index >= 15 is 0 Å². The molecule has 3 aromatic rings. The molecule has 1 aliphatic rings. The molecule has 1 atom stereocenters. The Morgan fingerprint density at radius 2 is 1.65 bits per heavy atom. The zero-order valence-electron chi connectivity index (χ0n) is 19.0. The summed E-state index contributed by atoms with van der Waals surface area (Å²) in [5.74, 6) is -3.21. The molecule has 7 nitrogen and oxygen atoms in total. The molecule has 0 spiro atoms. The number of hydrogen-bond donors (Lipinski definition) is 2. The van der Waals surface area contributed by atoms with Crippen molar-refractivity contribution in [3.8, 4) is 0 Å². The van der Waals surface area contributed by atoms with Gasteiger partial charge in [-0.25, -0.2) is 4.79 Å². The van der Waals surface area contributed by atoms with Crippen LogP contribution in [0.1, 0.15) is 38.8 Å². The van der Waals surface area contributed by atoms with Crippen LogP contribution in [0.5, 0.6) is 0 Å². The molecule has 1 unspecified atom stereocenters. The summed E-state index contributed by atoms with van der Waals surface area (Å²) < 4.78 is 77.4. The van der Waals surface area contributed by atoms with Crippen molar-refractivity contribution in [2.75, 3.05) is 13.2 Å². The average Bonchev–Trinajstić information content (AvgIpc) is 3.25. The van der Waals surface area contributed by atoms with E-state index in [0.29, 0.717) is 13.2 Å². The summed E-state index contributed by atoms with van der Waals surface area (Å²) in [4.78, 5) is 21.2. The van der Waals surface area contributed by atoms with Crippen molar-refractivity contribution in [1.29, 1.82) is 0 Å². The third-order valence-corrected chi connectivity index (χ3v) is 5.22. The van der Waals surface area contributed by atoms with Crippen molar-refractivity contribution in [2.24, 2.45) is 0 Å². The highest BCUT2D eigenvalue weighted by Crippen LogP contribution is 2.29. The van der Waals surface area contributed by atoms with E-state index in [1.54, 1.807) is 0 Å². The minimum absolute atomic E-state index is 0.161. The molecule has 2 N–H and O–H groups in total. The Morgan fingerprint density at radius 3 is 2.22 bits per heavy atom. The number of aromatic nitrogens is 2. The molecule has 198 valence electrons. The molecule has 2 aromatic carbocycles. The number of fused-ring (bicyclic) bond motifs is 1. The first-order chi connectivity index (χ1) is 17.3. The van der Waals surface area contributed by atoms with Crippen LogP contribution in [0.2, 0.25) is 0 Å². The van der Waals surface area contributed by atoms with Gasteiger partial charge in [0.15, 0.2) is 0 Å². The van der Waals surface area contributed by atoms with Gasteiger partial charge in [-0.1, -0.05) is 30.3 Å². The first-order valence-electron chi connectivity index (χ1n) is 10.8. The molecular weight excluding hydrogens is 508 g/mol. The van der Waals surface area contributed by atoms with Crippen molar-refractivity contribution in [1.82, 2.24) is 15.1 Å². The highest BCUT2D eigenvalue weighted by atomic mass is 19.4. The van der Waals surface area contributed by atoms with Gasteiger partial charge in [-0.15, -0.1) is 0 Å². The lowest BCUT2D eigenvalue weighted by atomic mass is 10.1. The molecular formula is C24H21F6N3O4. The number of nitrogens with zero attached hydrogens (tertiary/aromatic N) is 2. The van der Waals surface area contributed by atoms with Crippen LogP contribution in [0.3, 0.4) is 0 Å². The summed E-state index contributed by atoms with van der Waals surface area (Å²) in [5.41, 5.74) is 2.36. The van der Waals surface area contributed by atoms with Gasteiger partial charge in [0.2, 0.25) is 0 Å². The van der Waals surface area contributed by atoms with Gasteiger partial charge in [0.25, 0.3) is 5.91 Å². The summed E-state index contributed by atoms with van der Waals surface area (Å²) in [7, 11) is 0. The zero-order valence-corrected chi connectivity index (χ0v) is 19.0.